The first-order chi connectivity index (χ1) is 10.3. The van der Waals surface area contributed by atoms with E-state index in [1.54, 1.807) is 0 Å². The molecule has 3 rings (SSSR count). The van der Waals surface area contributed by atoms with Crippen LogP contribution in [0.1, 0.15) is 30.5 Å². The predicted octanol–water partition coefficient (Wildman–Crippen LogP) is 3.76. The standard InChI is InChI=1S/C18H21N3/c1-3-17(19-2)16-8-10-21(13-16)12-14-6-7-18-15(11-14)5-4-9-20-18/h4-11,13,17,19H,3,12H2,1-2H3. The van der Waals surface area contributed by atoms with Gasteiger partial charge in [-0.05, 0) is 48.9 Å². The Labute approximate surface area is 125 Å². The Morgan fingerprint density at radius 3 is 2.95 bits per heavy atom. The van der Waals surface area contributed by atoms with Gasteiger partial charge >= 0.3 is 0 Å². The molecule has 0 aliphatic heterocycles. The number of nitrogens with zero attached hydrogens (tertiary/aromatic N) is 2. The Morgan fingerprint density at radius 2 is 2.14 bits per heavy atom. The van der Waals surface area contributed by atoms with E-state index in [0.29, 0.717) is 6.04 Å². The van der Waals surface area contributed by atoms with Crippen LogP contribution in [0.4, 0.5) is 0 Å². The molecule has 2 heterocycles. The van der Waals surface area contributed by atoms with Crippen molar-refractivity contribution in [2.75, 3.05) is 7.05 Å². The van der Waals surface area contributed by atoms with Crippen molar-refractivity contribution in [3.05, 3.63) is 66.1 Å². The van der Waals surface area contributed by atoms with Crippen molar-refractivity contribution in [2.24, 2.45) is 0 Å². The van der Waals surface area contributed by atoms with Gasteiger partial charge < -0.3 is 9.88 Å². The molecule has 0 amide bonds. The van der Waals surface area contributed by atoms with Crippen LogP contribution >= 0.6 is 0 Å². The summed E-state index contributed by atoms with van der Waals surface area (Å²) in [5, 5.41) is 4.55. The quantitative estimate of drug-likeness (QED) is 0.770. The molecule has 0 fully saturated rings. The first kappa shape index (κ1) is 13.8. The van der Waals surface area contributed by atoms with Crippen LogP contribution in [-0.4, -0.2) is 16.6 Å². The predicted molar refractivity (Wildman–Crippen MR) is 87.4 cm³/mol. The van der Waals surface area contributed by atoms with Crippen molar-refractivity contribution in [1.82, 2.24) is 14.9 Å². The molecule has 0 bridgehead atoms. The van der Waals surface area contributed by atoms with Gasteiger partial charge in [-0.25, -0.2) is 0 Å². The number of nitrogens with one attached hydrogen (secondary N) is 1. The second-order valence-electron chi connectivity index (χ2n) is 5.40. The molecule has 0 aliphatic carbocycles. The van der Waals surface area contributed by atoms with Crippen LogP contribution < -0.4 is 5.32 Å². The molecule has 1 aromatic carbocycles. The van der Waals surface area contributed by atoms with Gasteiger partial charge in [0.25, 0.3) is 0 Å². The lowest BCUT2D eigenvalue weighted by Crippen LogP contribution is -2.14. The molecule has 0 radical (unpaired) electrons. The molecule has 21 heavy (non-hydrogen) atoms. The van der Waals surface area contributed by atoms with Crippen molar-refractivity contribution >= 4 is 10.9 Å². The van der Waals surface area contributed by atoms with E-state index in [4.69, 9.17) is 0 Å². The maximum Gasteiger partial charge on any atom is 0.0702 e. The van der Waals surface area contributed by atoms with E-state index in [1.165, 1.54) is 16.5 Å². The Hall–Kier alpha value is -2.13. The van der Waals surface area contributed by atoms with E-state index in [1.807, 2.05) is 19.3 Å². The van der Waals surface area contributed by atoms with E-state index >= 15 is 0 Å². The molecule has 2 aromatic heterocycles. The van der Waals surface area contributed by atoms with Gasteiger partial charge in [-0.15, -0.1) is 0 Å². The summed E-state index contributed by atoms with van der Waals surface area (Å²) in [5.74, 6) is 0. The summed E-state index contributed by atoms with van der Waals surface area (Å²) < 4.78 is 2.24. The maximum absolute atomic E-state index is 4.36. The molecule has 3 aromatic rings. The van der Waals surface area contributed by atoms with Crippen LogP contribution in [0.2, 0.25) is 0 Å². The zero-order valence-corrected chi connectivity index (χ0v) is 12.6. The van der Waals surface area contributed by atoms with E-state index in [0.717, 1.165) is 18.5 Å². The fourth-order valence-corrected chi connectivity index (χ4v) is 2.80. The summed E-state index contributed by atoms with van der Waals surface area (Å²) in [4.78, 5) is 4.36. The molecule has 1 unspecified atom stereocenters. The van der Waals surface area contributed by atoms with Crippen LogP contribution in [0, 0.1) is 0 Å². The molecule has 108 valence electrons. The van der Waals surface area contributed by atoms with Crippen molar-refractivity contribution in [1.29, 1.82) is 0 Å². The van der Waals surface area contributed by atoms with Gasteiger partial charge in [-0.2, -0.15) is 0 Å². The van der Waals surface area contributed by atoms with Crippen molar-refractivity contribution in [2.45, 2.75) is 25.9 Å². The molecule has 3 nitrogen and oxygen atoms in total. The van der Waals surface area contributed by atoms with Gasteiger partial charge in [0.1, 0.15) is 0 Å². The van der Waals surface area contributed by atoms with E-state index in [9.17, 15) is 0 Å². The highest BCUT2D eigenvalue weighted by atomic mass is 14.9. The molecular formula is C18H21N3. The van der Waals surface area contributed by atoms with Crippen LogP contribution in [-0.2, 0) is 6.54 Å². The topological polar surface area (TPSA) is 29.9 Å². The molecular weight excluding hydrogens is 258 g/mol. The fraction of sp³-hybridized carbons (Fsp3) is 0.278. The van der Waals surface area contributed by atoms with Gasteiger partial charge in [-0.3, -0.25) is 4.98 Å². The van der Waals surface area contributed by atoms with Crippen molar-refractivity contribution in [3.63, 3.8) is 0 Å². The highest BCUT2D eigenvalue weighted by Crippen LogP contribution is 2.18. The lowest BCUT2D eigenvalue weighted by Gasteiger charge is -2.11. The minimum absolute atomic E-state index is 0.437. The molecule has 0 saturated heterocycles. The minimum atomic E-state index is 0.437. The van der Waals surface area contributed by atoms with Gasteiger partial charge in [0.2, 0.25) is 0 Å². The molecule has 3 heteroatoms. The highest BCUT2D eigenvalue weighted by Gasteiger charge is 2.08. The zero-order valence-electron chi connectivity index (χ0n) is 12.6. The third-order valence-electron chi connectivity index (χ3n) is 3.96. The summed E-state index contributed by atoms with van der Waals surface area (Å²) in [6, 6.07) is 13.2. The first-order valence-corrected chi connectivity index (χ1v) is 7.46. The van der Waals surface area contributed by atoms with E-state index < -0.39 is 0 Å². The third-order valence-corrected chi connectivity index (χ3v) is 3.96. The normalized spacial score (nSPS) is 12.7. The average molecular weight is 279 g/mol. The zero-order chi connectivity index (χ0) is 14.7. The summed E-state index contributed by atoms with van der Waals surface area (Å²) in [7, 11) is 2.02. The number of benzene rings is 1. The molecule has 1 N–H and O–H groups in total. The highest BCUT2D eigenvalue weighted by molar-refractivity contribution is 5.78. The number of fused-ring (bicyclic) bond motifs is 1. The van der Waals surface area contributed by atoms with Crippen molar-refractivity contribution < 1.29 is 0 Å². The van der Waals surface area contributed by atoms with Crippen LogP contribution in [0.25, 0.3) is 10.9 Å². The Morgan fingerprint density at radius 1 is 1.24 bits per heavy atom. The van der Waals surface area contributed by atoms with Crippen LogP contribution in [0.5, 0.6) is 0 Å². The van der Waals surface area contributed by atoms with E-state index in [-0.39, 0.29) is 0 Å². The number of aromatic nitrogens is 2. The second-order valence-corrected chi connectivity index (χ2v) is 5.40. The monoisotopic (exact) mass is 279 g/mol. The van der Waals surface area contributed by atoms with Crippen molar-refractivity contribution in [3.8, 4) is 0 Å². The maximum atomic E-state index is 4.36. The smallest absolute Gasteiger partial charge is 0.0702 e. The number of rotatable bonds is 5. The molecule has 0 aliphatic rings. The number of hydrogen-bond donors (Lipinski definition) is 1. The van der Waals surface area contributed by atoms with Gasteiger partial charge in [-0.1, -0.05) is 19.1 Å². The second kappa shape index (κ2) is 6.10. The third kappa shape index (κ3) is 2.98. The summed E-state index contributed by atoms with van der Waals surface area (Å²) in [5.41, 5.74) is 3.70. The minimum Gasteiger partial charge on any atom is -0.350 e. The Kier molecular flexibility index (Phi) is 4.02. The SMILES string of the molecule is CCC(NC)c1ccn(Cc2ccc3ncccc3c2)c1. The fourth-order valence-electron chi connectivity index (χ4n) is 2.80. The van der Waals surface area contributed by atoms with Gasteiger partial charge in [0, 0.05) is 36.6 Å². The van der Waals surface area contributed by atoms with Crippen LogP contribution in [0.15, 0.2) is 55.0 Å². The first-order valence-electron chi connectivity index (χ1n) is 7.46. The molecule has 0 saturated carbocycles. The summed E-state index contributed by atoms with van der Waals surface area (Å²) in [6.07, 6.45) is 7.33. The number of pyridine rings is 1. The largest absolute Gasteiger partial charge is 0.350 e. The average Bonchev–Trinajstić information content (AvgIpc) is 2.97. The van der Waals surface area contributed by atoms with Crippen LogP contribution in [0.3, 0.4) is 0 Å². The lowest BCUT2D eigenvalue weighted by molar-refractivity contribution is 0.575. The summed E-state index contributed by atoms with van der Waals surface area (Å²) in [6.45, 7) is 3.10. The number of hydrogen-bond acceptors (Lipinski definition) is 2. The van der Waals surface area contributed by atoms with E-state index in [2.05, 4.69) is 64.5 Å². The van der Waals surface area contributed by atoms with Gasteiger partial charge in [0.05, 0.1) is 5.52 Å². The van der Waals surface area contributed by atoms with Gasteiger partial charge in [0.15, 0.2) is 0 Å². The Bertz CT molecular complexity index is 726. The molecule has 0 spiro atoms. The Balaban J connectivity index is 1.81. The lowest BCUT2D eigenvalue weighted by atomic mass is 10.1. The molecule has 1 atom stereocenters. The summed E-state index contributed by atoms with van der Waals surface area (Å²) >= 11 is 0.